The third-order valence-electron chi connectivity index (χ3n) is 5.13. The first-order valence-electron chi connectivity index (χ1n) is 10.9. The summed E-state index contributed by atoms with van der Waals surface area (Å²) >= 11 is 0. The van der Waals surface area contributed by atoms with E-state index in [4.69, 9.17) is 18.9 Å². The molecule has 3 aromatic carbocycles. The van der Waals surface area contributed by atoms with Crippen LogP contribution in [0.5, 0.6) is 17.2 Å². The monoisotopic (exact) mass is 515 g/mol. The van der Waals surface area contributed by atoms with E-state index in [0.717, 1.165) is 18.2 Å². The molecule has 0 spiro atoms. The Morgan fingerprint density at radius 1 is 0.865 bits per heavy atom. The van der Waals surface area contributed by atoms with Gasteiger partial charge in [-0.05, 0) is 42.0 Å². The zero-order valence-electron chi connectivity index (χ0n) is 20.2. The van der Waals surface area contributed by atoms with E-state index in [9.17, 15) is 22.8 Å². The molecule has 1 N–H and O–H groups in total. The minimum atomic E-state index is -4.58. The van der Waals surface area contributed by atoms with Gasteiger partial charge in [0.2, 0.25) is 11.9 Å². The van der Waals surface area contributed by atoms with Gasteiger partial charge in [-0.15, -0.1) is 0 Å². The molecular weight excluding hydrogens is 491 g/mol. The number of carbonyl (C=O) groups is 2. The van der Waals surface area contributed by atoms with Crippen LogP contribution in [0, 0.1) is 0 Å². The number of ether oxygens (including phenoxy) is 4. The van der Waals surface area contributed by atoms with Gasteiger partial charge in [0.05, 0.1) is 26.9 Å². The number of hydrogen-bond acceptors (Lipinski definition) is 6. The van der Waals surface area contributed by atoms with Crippen LogP contribution in [0.25, 0.3) is 6.08 Å². The number of esters is 1. The number of rotatable bonds is 9. The Morgan fingerprint density at radius 3 is 2.08 bits per heavy atom. The minimum Gasteiger partial charge on any atom is -0.493 e. The van der Waals surface area contributed by atoms with Crippen molar-refractivity contribution in [3.05, 3.63) is 89.5 Å². The first-order chi connectivity index (χ1) is 17.7. The lowest BCUT2D eigenvalue weighted by Gasteiger charge is -2.18. The number of halogens is 3. The van der Waals surface area contributed by atoms with E-state index >= 15 is 0 Å². The highest BCUT2D eigenvalue weighted by molar-refractivity contribution is 5.97. The summed E-state index contributed by atoms with van der Waals surface area (Å²) in [4.78, 5) is 25.6. The van der Waals surface area contributed by atoms with Crippen LogP contribution in [-0.2, 0) is 20.5 Å². The minimum absolute atomic E-state index is 0.0928. The van der Waals surface area contributed by atoms with Crippen molar-refractivity contribution in [2.24, 2.45) is 0 Å². The molecule has 0 aliphatic heterocycles. The van der Waals surface area contributed by atoms with Gasteiger partial charge in [-0.2, -0.15) is 13.2 Å². The number of hydrogen-bond donors (Lipinski definition) is 1. The van der Waals surface area contributed by atoms with Crippen LogP contribution in [0.2, 0.25) is 0 Å². The van der Waals surface area contributed by atoms with Crippen molar-refractivity contribution in [1.82, 2.24) is 0 Å². The van der Waals surface area contributed by atoms with E-state index in [1.165, 1.54) is 39.5 Å². The number of methoxy groups -OCH3 is 3. The fourth-order valence-corrected chi connectivity index (χ4v) is 3.40. The van der Waals surface area contributed by atoms with Gasteiger partial charge in [0.1, 0.15) is 0 Å². The van der Waals surface area contributed by atoms with Crippen LogP contribution < -0.4 is 19.5 Å². The summed E-state index contributed by atoms with van der Waals surface area (Å²) in [5.74, 6) is -0.558. The Balaban J connectivity index is 1.82. The Kier molecular flexibility index (Phi) is 8.78. The van der Waals surface area contributed by atoms with Gasteiger partial charge < -0.3 is 24.3 Å². The quantitative estimate of drug-likeness (QED) is 0.292. The van der Waals surface area contributed by atoms with E-state index in [1.807, 2.05) is 0 Å². The van der Waals surface area contributed by atoms with Crippen LogP contribution in [0.1, 0.15) is 22.8 Å². The molecule has 7 nitrogen and oxygen atoms in total. The maximum Gasteiger partial charge on any atom is 0.416 e. The van der Waals surface area contributed by atoms with Crippen molar-refractivity contribution in [2.45, 2.75) is 12.3 Å². The maximum absolute atomic E-state index is 13.1. The lowest BCUT2D eigenvalue weighted by molar-refractivity contribution is -0.149. The summed E-state index contributed by atoms with van der Waals surface area (Å²) in [5.41, 5.74) is -0.158. The molecule has 0 aliphatic carbocycles. The van der Waals surface area contributed by atoms with Crippen LogP contribution in [-0.4, -0.2) is 33.2 Å². The highest BCUT2D eigenvalue weighted by Gasteiger charge is 2.31. The molecule has 0 bridgehead atoms. The molecule has 1 unspecified atom stereocenters. The van der Waals surface area contributed by atoms with Gasteiger partial charge in [0.15, 0.2) is 11.5 Å². The fourth-order valence-electron chi connectivity index (χ4n) is 3.40. The lowest BCUT2D eigenvalue weighted by Crippen LogP contribution is -2.25. The second-order valence-electron chi connectivity index (χ2n) is 7.59. The number of amides is 1. The fraction of sp³-hybridized carbons (Fsp3) is 0.185. The Bertz CT molecular complexity index is 1250. The molecule has 194 valence electrons. The molecule has 0 saturated heterocycles. The number of anilines is 1. The van der Waals surface area contributed by atoms with Gasteiger partial charge in [-0.1, -0.05) is 36.4 Å². The van der Waals surface area contributed by atoms with Crippen molar-refractivity contribution in [3.63, 3.8) is 0 Å². The van der Waals surface area contributed by atoms with Crippen molar-refractivity contribution >= 4 is 23.6 Å². The van der Waals surface area contributed by atoms with Crippen LogP contribution >= 0.6 is 0 Å². The largest absolute Gasteiger partial charge is 0.493 e. The van der Waals surface area contributed by atoms with Gasteiger partial charge >= 0.3 is 12.1 Å². The smallest absolute Gasteiger partial charge is 0.416 e. The summed E-state index contributed by atoms with van der Waals surface area (Å²) < 4.78 is 60.4. The number of carbonyl (C=O) groups excluding carboxylic acids is 2. The third-order valence-corrected chi connectivity index (χ3v) is 5.13. The Hall–Kier alpha value is -4.47. The molecule has 37 heavy (non-hydrogen) atoms. The van der Waals surface area contributed by atoms with E-state index in [1.54, 1.807) is 42.5 Å². The van der Waals surface area contributed by atoms with Crippen molar-refractivity contribution in [2.75, 3.05) is 26.6 Å². The molecule has 0 radical (unpaired) electrons. The Labute approximate surface area is 211 Å². The number of alkyl halides is 3. The first kappa shape index (κ1) is 27.1. The van der Waals surface area contributed by atoms with Crippen LogP contribution in [0.3, 0.4) is 0 Å². The van der Waals surface area contributed by atoms with Crippen LogP contribution in [0.15, 0.2) is 72.8 Å². The van der Waals surface area contributed by atoms with Crippen molar-refractivity contribution in [1.29, 1.82) is 0 Å². The summed E-state index contributed by atoms with van der Waals surface area (Å²) in [5, 5.41) is 2.39. The van der Waals surface area contributed by atoms with E-state index in [2.05, 4.69) is 5.32 Å². The second kappa shape index (κ2) is 12.0. The number of nitrogens with one attached hydrogen (secondary N) is 1. The van der Waals surface area contributed by atoms with Gasteiger partial charge in [-0.3, -0.25) is 4.79 Å². The lowest BCUT2D eigenvalue weighted by atomic mass is 10.1. The van der Waals surface area contributed by atoms with Gasteiger partial charge in [0.25, 0.3) is 5.91 Å². The molecule has 3 rings (SSSR count). The topological polar surface area (TPSA) is 83.1 Å². The van der Waals surface area contributed by atoms with Crippen molar-refractivity contribution in [3.8, 4) is 17.2 Å². The highest BCUT2D eigenvalue weighted by atomic mass is 19.4. The zero-order valence-corrected chi connectivity index (χ0v) is 20.2. The summed E-state index contributed by atoms with van der Waals surface area (Å²) in [6, 6.07) is 15.5. The van der Waals surface area contributed by atoms with E-state index in [-0.39, 0.29) is 5.69 Å². The summed E-state index contributed by atoms with van der Waals surface area (Å²) in [6.45, 7) is 0. The predicted molar refractivity (Wildman–Crippen MR) is 130 cm³/mol. The molecule has 0 aliphatic rings. The summed E-state index contributed by atoms with van der Waals surface area (Å²) in [7, 11) is 4.36. The molecule has 0 saturated carbocycles. The molecule has 3 aromatic rings. The molecule has 1 atom stereocenters. The molecule has 10 heteroatoms. The number of benzene rings is 3. The maximum atomic E-state index is 13.1. The predicted octanol–water partition coefficient (Wildman–Crippen LogP) is 5.67. The first-order valence-corrected chi connectivity index (χ1v) is 10.9. The average Bonchev–Trinajstić information content (AvgIpc) is 2.89. The van der Waals surface area contributed by atoms with Gasteiger partial charge in [0, 0.05) is 17.3 Å². The SMILES string of the molecule is COc1cc(C=CC(=O)OC(C(=O)Nc2cccc(C(F)(F)F)c2)c2ccccc2)cc(OC)c1OC. The second-order valence-corrected chi connectivity index (χ2v) is 7.59. The standard InChI is InChI=1S/C27H24F3NO6/c1-34-21-14-17(15-22(35-2)25(21)36-3)12-13-23(32)37-24(18-8-5-4-6-9-18)26(33)31-20-11-7-10-19(16-20)27(28,29)30/h4-16,24H,1-3H3,(H,31,33). The third kappa shape index (κ3) is 7.03. The average molecular weight is 515 g/mol. The molecule has 0 heterocycles. The zero-order chi connectivity index (χ0) is 27.0. The van der Waals surface area contributed by atoms with E-state index < -0.39 is 29.7 Å². The molecule has 1 amide bonds. The van der Waals surface area contributed by atoms with Gasteiger partial charge in [-0.25, -0.2) is 4.79 Å². The highest BCUT2D eigenvalue weighted by Crippen LogP contribution is 2.38. The molecule has 0 fully saturated rings. The molecular formula is C27H24F3NO6. The van der Waals surface area contributed by atoms with Crippen LogP contribution in [0.4, 0.5) is 18.9 Å². The molecule has 0 aromatic heterocycles. The Morgan fingerprint density at radius 2 is 1.51 bits per heavy atom. The van der Waals surface area contributed by atoms with E-state index in [0.29, 0.717) is 28.4 Å². The normalized spacial score (nSPS) is 12.1. The van der Waals surface area contributed by atoms with Crippen molar-refractivity contribution < 1.29 is 41.7 Å². The summed E-state index contributed by atoms with van der Waals surface area (Å²) in [6.07, 6.45) is -3.47.